The van der Waals surface area contributed by atoms with Crippen LogP contribution in [0.25, 0.3) is 11.0 Å². The van der Waals surface area contributed by atoms with Gasteiger partial charge in [0.05, 0.1) is 17.1 Å². The molecule has 4 rings (SSSR count). The second-order valence-electron chi connectivity index (χ2n) is 6.96. The number of aromatic nitrogens is 2. The molecule has 0 aliphatic carbocycles. The van der Waals surface area contributed by atoms with Crippen LogP contribution < -0.4 is 5.69 Å². The van der Waals surface area contributed by atoms with Crippen LogP contribution in [-0.2, 0) is 24.3 Å². The summed E-state index contributed by atoms with van der Waals surface area (Å²) >= 11 is 0. The Bertz CT molecular complexity index is 1080. The Morgan fingerprint density at radius 2 is 1.85 bits per heavy atom. The summed E-state index contributed by atoms with van der Waals surface area (Å²) < 4.78 is 16.9. The van der Waals surface area contributed by atoms with Crippen LogP contribution >= 0.6 is 0 Å². The van der Waals surface area contributed by atoms with Crippen LogP contribution in [0.3, 0.4) is 0 Å². The summed E-state index contributed by atoms with van der Waals surface area (Å²) in [5.74, 6) is -0.421. The van der Waals surface area contributed by atoms with E-state index >= 15 is 0 Å². The monoisotopic (exact) mass is 367 g/mol. The van der Waals surface area contributed by atoms with Crippen LogP contribution in [-0.4, -0.2) is 26.5 Å². The molecule has 0 saturated carbocycles. The number of carbonyl (C=O) groups excluding carboxylic acids is 1. The van der Waals surface area contributed by atoms with Gasteiger partial charge in [0.2, 0.25) is 5.91 Å². The van der Waals surface area contributed by atoms with Gasteiger partial charge in [0, 0.05) is 13.1 Å². The van der Waals surface area contributed by atoms with Crippen LogP contribution in [0.1, 0.15) is 31.0 Å². The number of imidazole rings is 1. The Balaban J connectivity index is 1.67. The Morgan fingerprint density at radius 3 is 2.56 bits per heavy atom. The van der Waals surface area contributed by atoms with E-state index < -0.39 is 0 Å². The molecule has 27 heavy (non-hydrogen) atoms. The number of halogens is 1. The number of rotatable bonds is 3. The molecule has 140 valence electrons. The van der Waals surface area contributed by atoms with E-state index in [4.69, 9.17) is 0 Å². The van der Waals surface area contributed by atoms with Gasteiger partial charge in [0.1, 0.15) is 12.4 Å². The van der Waals surface area contributed by atoms with Crippen LogP contribution in [0.5, 0.6) is 0 Å². The number of aryl methyl sites for hydroxylation is 1. The molecule has 2 aromatic carbocycles. The summed E-state index contributed by atoms with van der Waals surface area (Å²) in [6, 6.07) is 12.1. The third-order valence-electron chi connectivity index (χ3n) is 5.50. The molecule has 0 spiro atoms. The lowest BCUT2D eigenvalue weighted by molar-refractivity contribution is -0.134. The van der Waals surface area contributed by atoms with Crippen molar-refractivity contribution in [2.75, 3.05) is 6.54 Å². The second-order valence-corrected chi connectivity index (χ2v) is 6.96. The molecular weight excluding hydrogens is 345 g/mol. The lowest BCUT2D eigenvalue weighted by Crippen LogP contribution is -2.42. The highest BCUT2D eigenvalue weighted by molar-refractivity contribution is 5.81. The molecule has 1 aliphatic rings. The maximum Gasteiger partial charge on any atom is 0.329 e. The second kappa shape index (κ2) is 6.68. The molecule has 6 heteroatoms. The lowest BCUT2D eigenvalue weighted by Gasteiger charge is -2.35. The quantitative estimate of drug-likeness (QED) is 0.714. The minimum absolute atomic E-state index is 0.0126. The first kappa shape index (κ1) is 17.5. The molecule has 1 aliphatic heterocycles. The molecular formula is C21H22FN3O2. The maximum atomic E-state index is 13.7. The predicted octanol–water partition coefficient (Wildman–Crippen LogP) is 3.11. The Hall–Kier alpha value is -2.89. The van der Waals surface area contributed by atoms with E-state index in [1.807, 2.05) is 38.1 Å². The van der Waals surface area contributed by atoms with Crippen LogP contribution in [0.15, 0.2) is 47.3 Å². The molecule has 2 heterocycles. The first-order valence-corrected chi connectivity index (χ1v) is 9.27. The number of amides is 1. The number of para-hydroxylation sites is 2. The summed E-state index contributed by atoms with van der Waals surface area (Å²) in [6.07, 6.45) is 0.692. The standard InChI is InChI=1S/C21H22FN3O2/c1-3-23-18-6-4-5-7-19(18)25(21(23)27)13-20(26)24-11-10-15-8-9-16(22)12-17(15)14(24)2/h4-9,12,14H,3,10-11,13H2,1-2H3. The Labute approximate surface area is 156 Å². The molecule has 0 N–H and O–H groups in total. The SMILES string of the molecule is CCn1c(=O)n(CC(=O)N2CCc3ccc(F)cc3C2C)c2ccccc21. The average molecular weight is 367 g/mol. The van der Waals surface area contributed by atoms with Gasteiger partial charge >= 0.3 is 5.69 Å². The number of hydrogen-bond donors (Lipinski definition) is 0. The fraction of sp³-hybridized carbons (Fsp3) is 0.333. The van der Waals surface area contributed by atoms with Crippen molar-refractivity contribution in [3.63, 3.8) is 0 Å². The van der Waals surface area contributed by atoms with E-state index in [1.165, 1.54) is 16.7 Å². The van der Waals surface area contributed by atoms with Gasteiger partial charge in [-0.15, -0.1) is 0 Å². The fourth-order valence-corrected chi connectivity index (χ4v) is 4.08. The van der Waals surface area contributed by atoms with Gasteiger partial charge in [-0.3, -0.25) is 13.9 Å². The predicted molar refractivity (Wildman–Crippen MR) is 102 cm³/mol. The zero-order chi connectivity index (χ0) is 19.1. The minimum atomic E-state index is -0.294. The van der Waals surface area contributed by atoms with Crippen molar-refractivity contribution in [3.05, 3.63) is 69.9 Å². The van der Waals surface area contributed by atoms with Crippen molar-refractivity contribution >= 4 is 16.9 Å². The highest BCUT2D eigenvalue weighted by atomic mass is 19.1. The van der Waals surface area contributed by atoms with Crippen molar-refractivity contribution in [2.45, 2.75) is 39.4 Å². The Kier molecular flexibility index (Phi) is 4.34. The van der Waals surface area contributed by atoms with Crippen LogP contribution in [0, 0.1) is 5.82 Å². The van der Waals surface area contributed by atoms with Gasteiger partial charge in [-0.05, 0) is 55.7 Å². The topological polar surface area (TPSA) is 47.2 Å². The molecule has 3 aromatic rings. The average Bonchev–Trinajstić information content (AvgIpc) is 2.93. The molecule has 5 nitrogen and oxygen atoms in total. The first-order chi connectivity index (χ1) is 13.0. The van der Waals surface area contributed by atoms with Crippen molar-refractivity contribution in [1.29, 1.82) is 0 Å². The van der Waals surface area contributed by atoms with Crippen LogP contribution in [0.4, 0.5) is 4.39 Å². The van der Waals surface area contributed by atoms with E-state index in [9.17, 15) is 14.0 Å². The smallest absolute Gasteiger partial charge is 0.329 e. The zero-order valence-corrected chi connectivity index (χ0v) is 15.5. The fourth-order valence-electron chi connectivity index (χ4n) is 4.08. The minimum Gasteiger partial charge on any atom is -0.334 e. The summed E-state index contributed by atoms with van der Waals surface area (Å²) in [5.41, 5.74) is 3.33. The number of hydrogen-bond acceptors (Lipinski definition) is 2. The van der Waals surface area contributed by atoms with Gasteiger partial charge in [-0.2, -0.15) is 0 Å². The van der Waals surface area contributed by atoms with E-state index in [0.29, 0.717) is 19.5 Å². The number of fused-ring (bicyclic) bond motifs is 2. The van der Waals surface area contributed by atoms with E-state index in [0.717, 1.165) is 22.2 Å². The third kappa shape index (κ3) is 2.85. The molecule has 0 bridgehead atoms. The number of benzene rings is 2. The zero-order valence-electron chi connectivity index (χ0n) is 15.5. The normalized spacial score (nSPS) is 16.6. The molecule has 1 aromatic heterocycles. The first-order valence-electron chi connectivity index (χ1n) is 9.27. The van der Waals surface area contributed by atoms with Crippen molar-refractivity contribution in [1.82, 2.24) is 14.0 Å². The summed E-state index contributed by atoms with van der Waals surface area (Å²) in [4.78, 5) is 27.5. The Morgan fingerprint density at radius 1 is 1.15 bits per heavy atom. The highest BCUT2D eigenvalue weighted by Crippen LogP contribution is 2.30. The number of nitrogens with zero attached hydrogens (tertiary/aromatic N) is 3. The van der Waals surface area contributed by atoms with Crippen molar-refractivity contribution < 1.29 is 9.18 Å². The van der Waals surface area contributed by atoms with Gasteiger partial charge in [-0.1, -0.05) is 18.2 Å². The molecule has 1 amide bonds. The van der Waals surface area contributed by atoms with Gasteiger partial charge in [0.15, 0.2) is 0 Å². The summed E-state index contributed by atoms with van der Waals surface area (Å²) in [5, 5.41) is 0. The summed E-state index contributed by atoms with van der Waals surface area (Å²) in [7, 11) is 0. The van der Waals surface area contributed by atoms with E-state index in [2.05, 4.69) is 0 Å². The maximum absolute atomic E-state index is 13.7. The molecule has 1 unspecified atom stereocenters. The van der Waals surface area contributed by atoms with Gasteiger partial charge < -0.3 is 4.90 Å². The van der Waals surface area contributed by atoms with Crippen molar-refractivity contribution in [2.24, 2.45) is 0 Å². The molecule has 0 fully saturated rings. The number of carbonyl (C=O) groups is 1. The molecule has 0 saturated heterocycles. The lowest BCUT2D eigenvalue weighted by atomic mass is 9.93. The largest absolute Gasteiger partial charge is 0.334 e. The van der Waals surface area contributed by atoms with Crippen LogP contribution in [0.2, 0.25) is 0 Å². The van der Waals surface area contributed by atoms with E-state index in [1.54, 1.807) is 15.5 Å². The molecule has 1 atom stereocenters. The summed E-state index contributed by atoms with van der Waals surface area (Å²) in [6.45, 7) is 4.93. The van der Waals surface area contributed by atoms with E-state index in [-0.39, 0.29) is 30.0 Å². The highest BCUT2D eigenvalue weighted by Gasteiger charge is 2.28. The van der Waals surface area contributed by atoms with Gasteiger partial charge in [-0.25, -0.2) is 9.18 Å². The van der Waals surface area contributed by atoms with Gasteiger partial charge in [0.25, 0.3) is 0 Å². The van der Waals surface area contributed by atoms with Crippen molar-refractivity contribution in [3.8, 4) is 0 Å². The third-order valence-corrected chi connectivity index (χ3v) is 5.50. The molecule has 0 radical (unpaired) electrons.